The number of ketones is 1. The molecular weight excluding hydrogens is 286 g/mol. The smallest absolute Gasteiger partial charge is 0.182 e. The van der Waals surface area contributed by atoms with Crippen LogP contribution in [0, 0.1) is 5.92 Å². The van der Waals surface area contributed by atoms with Gasteiger partial charge in [-0.25, -0.2) is 0 Å². The highest BCUT2D eigenvalue weighted by Gasteiger charge is 2.24. The Labute approximate surface area is 109 Å². The second kappa shape index (κ2) is 5.75. The third-order valence-corrected chi connectivity index (χ3v) is 3.49. The van der Waals surface area contributed by atoms with Crippen LogP contribution in [-0.4, -0.2) is 42.4 Å². The number of hydrogen-bond acceptors (Lipinski definition) is 4. The summed E-state index contributed by atoms with van der Waals surface area (Å²) in [5.41, 5.74) is 0.661. The van der Waals surface area contributed by atoms with Gasteiger partial charge in [-0.05, 0) is 34.9 Å². The molecule has 1 aliphatic heterocycles. The molecule has 0 radical (unpaired) electrons. The van der Waals surface area contributed by atoms with Gasteiger partial charge in [0, 0.05) is 13.5 Å². The van der Waals surface area contributed by atoms with Crippen LogP contribution in [0.2, 0.25) is 0 Å². The number of methoxy groups -OCH3 is 1. The number of nitrogens with zero attached hydrogens (tertiary/aromatic N) is 2. The van der Waals surface area contributed by atoms with E-state index in [1.165, 1.54) is 0 Å². The molecule has 1 saturated heterocycles. The molecule has 1 aromatic heterocycles. The lowest BCUT2D eigenvalue weighted by molar-refractivity contribution is 0.0930. The number of rotatable bonds is 6. The van der Waals surface area contributed by atoms with Gasteiger partial charge in [0.2, 0.25) is 0 Å². The highest BCUT2D eigenvalue weighted by atomic mass is 79.9. The quantitative estimate of drug-likeness (QED) is 0.799. The Morgan fingerprint density at radius 2 is 2.47 bits per heavy atom. The van der Waals surface area contributed by atoms with Gasteiger partial charge in [-0.15, -0.1) is 0 Å². The first-order valence-electron chi connectivity index (χ1n) is 5.66. The van der Waals surface area contributed by atoms with E-state index in [0.29, 0.717) is 31.2 Å². The van der Waals surface area contributed by atoms with Gasteiger partial charge in [0.25, 0.3) is 0 Å². The summed E-state index contributed by atoms with van der Waals surface area (Å²) in [5, 5.41) is 7.35. The van der Waals surface area contributed by atoms with Gasteiger partial charge in [0.1, 0.15) is 5.69 Å². The Morgan fingerprint density at radius 1 is 1.71 bits per heavy atom. The number of hydrogen-bond donors (Lipinski definition) is 1. The Kier molecular flexibility index (Phi) is 4.31. The molecular formula is C11H16BrN3O2. The molecule has 0 aromatic carbocycles. The number of nitrogens with one attached hydrogen (secondary N) is 1. The molecule has 1 N–H and O–H groups in total. The molecule has 5 nitrogen and oxygen atoms in total. The van der Waals surface area contributed by atoms with Gasteiger partial charge >= 0.3 is 0 Å². The third-order valence-electron chi connectivity index (χ3n) is 2.91. The molecule has 0 saturated carbocycles. The van der Waals surface area contributed by atoms with E-state index in [2.05, 4.69) is 26.3 Å². The molecule has 2 heterocycles. The first-order valence-corrected chi connectivity index (χ1v) is 6.46. The van der Waals surface area contributed by atoms with E-state index in [0.717, 1.165) is 17.6 Å². The fourth-order valence-corrected chi connectivity index (χ4v) is 2.36. The molecule has 0 unspecified atom stereocenters. The Balaban J connectivity index is 2.06. The second-order valence-electron chi connectivity index (χ2n) is 4.21. The van der Waals surface area contributed by atoms with Crippen molar-refractivity contribution in [3.63, 3.8) is 0 Å². The van der Waals surface area contributed by atoms with Crippen molar-refractivity contribution in [1.29, 1.82) is 0 Å². The van der Waals surface area contributed by atoms with E-state index < -0.39 is 0 Å². The number of carbonyl (C=O) groups is 1. The first kappa shape index (κ1) is 12.7. The van der Waals surface area contributed by atoms with Crippen LogP contribution in [-0.2, 0) is 11.3 Å². The zero-order chi connectivity index (χ0) is 12.3. The largest absolute Gasteiger partial charge is 0.383 e. The van der Waals surface area contributed by atoms with Crippen LogP contribution in [0.25, 0.3) is 0 Å². The maximum absolute atomic E-state index is 12.2. The molecule has 0 spiro atoms. The lowest BCUT2D eigenvalue weighted by atomic mass is 9.96. The molecule has 0 aliphatic carbocycles. The fourth-order valence-electron chi connectivity index (χ4n) is 1.84. The lowest BCUT2D eigenvalue weighted by Gasteiger charge is -2.26. The zero-order valence-electron chi connectivity index (χ0n) is 9.78. The Morgan fingerprint density at radius 3 is 3.06 bits per heavy atom. The average Bonchev–Trinajstić information content (AvgIpc) is 2.62. The van der Waals surface area contributed by atoms with E-state index in [1.807, 2.05) is 0 Å². The summed E-state index contributed by atoms with van der Waals surface area (Å²) in [5.74, 6) is 0.622. The normalized spacial score (nSPS) is 15.9. The summed E-state index contributed by atoms with van der Waals surface area (Å²) >= 11 is 3.38. The lowest BCUT2D eigenvalue weighted by Crippen LogP contribution is -2.43. The van der Waals surface area contributed by atoms with Crippen molar-refractivity contribution < 1.29 is 9.53 Å². The minimum atomic E-state index is 0.150. The van der Waals surface area contributed by atoms with Crippen LogP contribution in [0.3, 0.4) is 0 Å². The van der Waals surface area contributed by atoms with Crippen LogP contribution in [0.5, 0.6) is 0 Å². The minimum absolute atomic E-state index is 0.150. The first-order chi connectivity index (χ1) is 8.22. The van der Waals surface area contributed by atoms with E-state index >= 15 is 0 Å². The van der Waals surface area contributed by atoms with Gasteiger partial charge in [-0.1, -0.05) is 0 Å². The standard InChI is InChI=1S/C11H16BrN3O2/c1-17-3-2-15-11(9(12)7-14-15)10(16)4-8-5-13-6-8/h7-8,13H,2-6H2,1H3. The van der Waals surface area contributed by atoms with Crippen molar-refractivity contribution in [2.75, 3.05) is 26.8 Å². The molecule has 1 fully saturated rings. The summed E-state index contributed by atoms with van der Waals surface area (Å²) < 4.78 is 7.49. The number of ether oxygens (including phenoxy) is 1. The molecule has 2 rings (SSSR count). The van der Waals surface area contributed by atoms with Crippen LogP contribution in [0.4, 0.5) is 0 Å². The topological polar surface area (TPSA) is 56.2 Å². The summed E-state index contributed by atoms with van der Waals surface area (Å²) in [7, 11) is 1.64. The summed E-state index contributed by atoms with van der Waals surface area (Å²) in [6.07, 6.45) is 2.26. The predicted molar refractivity (Wildman–Crippen MR) is 67.1 cm³/mol. The van der Waals surface area contributed by atoms with Crippen molar-refractivity contribution in [1.82, 2.24) is 15.1 Å². The third kappa shape index (κ3) is 2.94. The van der Waals surface area contributed by atoms with Crippen molar-refractivity contribution in [3.8, 4) is 0 Å². The fraction of sp³-hybridized carbons (Fsp3) is 0.636. The van der Waals surface area contributed by atoms with E-state index in [-0.39, 0.29) is 5.78 Å². The molecule has 0 atom stereocenters. The van der Waals surface area contributed by atoms with E-state index in [1.54, 1.807) is 18.0 Å². The summed E-state index contributed by atoms with van der Waals surface area (Å²) in [6.45, 7) is 3.04. The Hall–Kier alpha value is -0.720. The minimum Gasteiger partial charge on any atom is -0.383 e. The van der Waals surface area contributed by atoms with Crippen molar-refractivity contribution >= 4 is 21.7 Å². The molecule has 17 heavy (non-hydrogen) atoms. The summed E-state index contributed by atoms with van der Waals surface area (Å²) in [4.78, 5) is 12.2. The molecule has 0 bridgehead atoms. The Bertz CT molecular complexity index is 401. The van der Waals surface area contributed by atoms with Crippen LogP contribution in [0.15, 0.2) is 10.7 Å². The molecule has 0 amide bonds. The maximum Gasteiger partial charge on any atom is 0.182 e. The number of halogens is 1. The SMILES string of the molecule is COCCn1ncc(Br)c1C(=O)CC1CNC1. The van der Waals surface area contributed by atoms with Gasteiger partial charge < -0.3 is 10.1 Å². The van der Waals surface area contributed by atoms with Crippen molar-refractivity contribution in [3.05, 3.63) is 16.4 Å². The number of aromatic nitrogens is 2. The number of Topliss-reactive ketones (excluding diaryl/α,β-unsaturated/α-hetero) is 1. The maximum atomic E-state index is 12.2. The number of carbonyl (C=O) groups excluding carboxylic acids is 1. The summed E-state index contributed by atoms with van der Waals surface area (Å²) in [6, 6.07) is 0. The van der Waals surface area contributed by atoms with Crippen LogP contribution < -0.4 is 5.32 Å². The molecule has 1 aromatic rings. The van der Waals surface area contributed by atoms with E-state index in [9.17, 15) is 4.79 Å². The van der Waals surface area contributed by atoms with Crippen LogP contribution in [0.1, 0.15) is 16.9 Å². The van der Waals surface area contributed by atoms with Gasteiger partial charge in [0.05, 0.1) is 23.8 Å². The van der Waals surface area contributed by atoms with Crippen molar-refractivity contribution in [2.45, 2.75) is 13.0 Å². The zero-order valence-corrected chi connectivity index (χ0v) is 11.4. The van der Waals surface area contributed by atoms with Gasteiger partial charge in [-0.2, -0.15) is 5.10 Å². The average molecular weight is 302 g/mol. The van der Waals surface area contributed by atoms with E-state index in [4.69, 9.17) is 4.74 Å². The van der Waals surface area contributed by atoms with Gasteiger partial charge in [0.15, 0.2) is 5.78 Å². The second-order valence-corrected chi connectivity index (χ2v) is 5.06. The monoisotopic (exact) mass is 301 g/mol. The molecule has 1 aliphatic rings. The molecule has 6 heteroatoms. The van der Waals surface area contributed by atoms with Gasteiger partial charge in [-0.3, -0.25) is 9.48 Å². The predicted octanol–water partition coefficient (Wildman–Crippen LogP) is 1.08. The highest BCUT2D eigenvalue weighted by Crippen LogP contribution is 2.20. The molecule has 94 valence electrons. The van der Waals surface area contributed by atoms with Crippen LogP contribution >= 0.6 is 15.9 Å². The van der Waals surface area contributed by atoms with Crippen molar-refractivity contribution in [2.24, 2.45) is 5.92 Å². The highest BCUT2D eigenvalue weighted by molar-refractivity contribution is 9.10.